The van der Waals surface area contributed by atoms with Crippen LogP contribution in [0.4, 0.5) is 11.4 Å². The van der Waals surface area contributed by atoms with Crippen LogP contribution >= 0.6 is 22.7 Å². The molecule has 0 aromatic carbocycles. The van der Waals surface area contributed by atoms with Gasteiger partial charge in [-0.1, -0.05) is 0 Å². The maximum Gasteiger partial charge on any atom is 0.350 e. The zero-order valence-corrected chi connectivity index (χ0v) is 13.4. The zero-order chi connectivity index (χ0) is 16.7. The predicted molar refractivity (Wildman–Crippen MR) is 85.7 cm³/mol. The first-order valence-electron chi connectivity index (χ1n) is 5.86. The number of aromatic carboxylic acids is 1. The van der Waals surface area contributed by atoms with Gasteiger partial charge in [0.15, 0.2) is 0 Å². The van der Waals surface area contributed by atoms with Crippen molar-refractivity contribution in [3.63, 3.8) is 0 Å². The van der Waals surface area contributed by atoms with E-state index < -0.39 is 5.97 Å². The topological polar surface area (TPSA) is 119 Å². The summed E-state index contributed by atoms with van der Waals surface area (Å²) in [5.74, 6) is -1.66. The first-order valence-corrected chi connectivity index (χ1v) is 7.62. The molecule has 0 unspecified atom stereocenters. The van der Waals surface area contributed by atoms with Crippen LogP contribution in [0.2, 0.25) is 0 Å². The summed E-state index contributed by atoms with van der Waals surface area (Å²) in [6, 6.07) is 3.24. The first-order chi connectivity index (χ1) is 10.4. The Hall–Kier alpha value is -2.39. The lowest BCUT2D eigenvalue weighted by Crippen LogP contribution is -2.08. The molecule has 0 spiro atoms. The summed E-state index contributed by atoms with van der Waals surface area (Å²) in [5.41, 5.74) is 6.27. The fourth-order valence-corrected chi connectivity index (χ4v) is 2.76. The van der Waals surface area contributed by atoms with E-state index in [1.54, 1.807) is 22.9 Å². The number of carboxylic acids is 1. The van der Waals surface area contributed by atoms with Gasteiger partial charge in [0.05, 0.1) is 18.5 Å². The van der Waals surface area contributed by atoms with Crippen LogP contribution in [-0.4, -0.2) is 30.1 Å². The summed E-state index contributed by atoms with van der Waals surface area (Å²) in [7, 11) is 1.33. The predicted octanol–water partition coefficient (Wildman–Crippen LogP) is 2.52. The molecule has 0 radical (unpaired) electrons. The number of carbonyl (C=O) groups is 3. The molecule has 118 valence electrons. The van der Waals surface area contributed by atoms with Crippen LogP contribution in [-0.2, 0) is 9.53 Å². The Labute approximate surface area is 134 Å². The molecule has 0 bridgehead atoms. The molecule has 7 nitrogen and oxygen atoms in total. The van der Waals surface area contributed by atoms with Crippen LogP contribution < -0.4 is 11.1 Å². The zero-order valence-electron chi connectivity index (χ0n) is 11.8. The number of nitrogens with one attached hydrogen (secondary N) is 1. The molecule has 0 aliphatic rings. The Morgan fingerprint density at radius 1 is 1.18 bits per heavy atom. The summed E-state index contributed by atoms with van der Waals surface area (Å²) in [4.78, 5) is 32.5. The van der Waals surface area contributed by atoms with E-state index in [2.05, 4.69) is 10.1 Å². The molecule has 0 aliphatic carbocycles. The molecule has 22 heavy (non-hydrogen) atoms. The monoisotopic (exact) mass is 342 g/mol. The highest BCUT2D eigenvalue weighted by molar-refractivity contribution is 7.12. The van der Waals surface area contributed by atoms with Gasteiger partial charge in [-0.3, -0.25) is 4.79 Å². The number of thiophene rings is 2. The Balaban J connectivity index is 0.000000224. The maximum atomic E-state index is 10.8. The molecule has 0 saturated heterocycles. The standard InChI is InChI=1S/C7H7NO3S.C6H7NO2S/c1-4(9)8-5-2-3-12-6(5)7(10)11;1-9-6(8)5-4(7)2-3-10-5/h2-3H,1H3,(H,8,9)(H,10,11);2-3H,7H2,1H3. The van der Waals surface area contributed by atoms with Crippen LogP contribution in [0, 0.1) is 0 Å². The highest BCUT2D eigenvalue weighted by Crippen LogP contribution is 2.21. The lowest BCUT2D eigenvalue weighted by molar-refractivity contribution is -0.114. The van der Waals surface area contributed by atoms with Crippen molar-refractivity contribution < 1.29 is 24.2 Å². The lowest BCUT2D eigenvalue weighted by atomic mass is 10.4. The molecule has 2 heterocycles. The molecule has 2 aromatic heterocycles. The van der Waals surface area contributed by atoms with Gasteiger partial charge in [0, 0.05) is 6.92 Å². The third-order valence-electron chi connectivity index (χ3n) is 2.24. The van der Waals surface area contributed by atoms with Gasteiger partial charge in [-0.2, -0.15) is 0 Å². The number of rotatable bonds is 3. The Morgan fingerprint density at radius 3 is 2.23 bits per heavy atom. The first kappa shape index (κ1) is 17.7. The summed E-state index contributed by atoms with van der Waals surface area (Å²) >= 11 is 2.37. The van der Waals surface area contributed by atoms with E-state index in [-0.39, 0.29) is 16.8 Å². The molecular weight excluding hydrogens is 328 g/mol. The van der Waals surface area contributed by atoms with E-state index in [0.29, 0.717) is 16.3 Å². The van der Waals surface area contributed by atoms with Crippen molar-refractivity contribution in [1.82, 2.24) is 0 Å². The van der Waals surface area contributed by atoms with Gasteiger partial charge in [0.25, 0.3) is 0 Å². The molecular formula is C13H14N2O5S2. The van der Waals surface area contributed by atoms with Crippen molar-refractivity contribution in [3.05, 3.63) is 32.6 Å². The molecule has 4 N–H and O–H groups in total. The molecule has 1 amide bonds. The average molecular weight is 342 g/mol. The summed E-state index contributed by atoms with van der Waals surface area (Å²) in [6.45, 7) is 1.34. The van der Waals surface area contributed by atoms with Crippen LogP contribution in [0.3, 0.4) is 0 Å². The van der Waals surface area contributed by atoms with E-state index in [9.17, 15) is 14.4 Å². The lowest BCUT2D eigenvalue weighted by Gasteiger charge is -1.98. The van der Waals surface area contributed by atoms with Gasteiger partial charge in [-0.05, 0) is 22.9 Å². The molecule has 0 aliphatic heterocycles. The van der Waals surface area contributed by atoms with Crippen molar-refractivity contribution in [1.29, 1.82) is 0 Å². The van der Waals surface area contributed by atoms with Gasteiger partial charge < -0.3 is 20.9 Å². The molecule has 0 saturated carbocycles. The molecule has 2 rings (SSSR count). The van der Waals surface area contributed by atoms with E-state index in [4.69, 9.17) is 10.8 Å². The van der Waals surface area contributed by atoms with E-state index in [1.807, 2.05) is 0 Å². The van der Waals surface area contributed by atoms with Crippen molar-refractivity contribution in [2.75, 3.05) is 18.2 Å². The average Bonchev–Trinajstić information content (AvgIpc) is 3.07. The Kier molecular flexibility index (Phi) is 6.54. The third-order valence-corrected chi connectivity index (χ3v) is 4.05. The quantitative estimate of drug-likeness (QED) is 0.738. The number of hydrogen-bond acceptors (Lipinski definition) is 7. The smallest absolute Gasteiger partial charge is 0.350 e. The van der Waals surface area contributed by atoms with Crippen LogP contribution in [0.5, 0.6) is 0 Å². The van der Waals surface area contributed by atoms with E-state index in [0.717, 1.165) is 11.3 Å². The van der Waals surface area contributed by atoms with Gasteiger partial charge in [0.2, 0.25) is 5.91 Å². The summed E-state index contributed by atoms with van der Waals surface area (Å²) in [6.07, 6.45) is 0. The minimum atomic E-state index is -1.02. The fourth-order valence-electron chi connectivity index (χ4n) is 1.34. The number of nitrogens with two attached hydrogens (primary N) is 1. The number of ether oxygens (including phenoxy) is 1. The Morgan fingerprint density at radius 2 is 1.77 bits per heavy atom. The molecule has 2 aromatic rings. The van der Waals surface area contributed by atoms with Gasteiger partial charge in [-0.25, -0.2) is 9.59 Å². The highest BCUT2D eigenvalue weighted by Gasteiger charge is 2.11. The highest BCUT2D eigenvalue weighted by atomic mass is 32.1. The van der Waals surface area contributed by atoms with E-state index >= 15 is 0 Å². The number of nitrogen functional groups attached to an aromatic ring is 1. The second-order valence-electron chi connectivity index (χ2n) is 3.85. The molecule has 9 heteroatoms. The third kappa shape index (κ3) is 4.86. The summed E-state index contributed by atoms with van der Waals surface area (Å²) in [5, 5.41) is 14.4. The minimum Gasteiger partial charge on any atom is -0.477 e. The number of esters is 1. The molecule has 0 fully saturated rings. The number of methoxy groups -OCH3 is 1. The number of hydrogen-bond donors (Lipinski definition) is 3. The van der Waals surface area contributed by atoms with Crippen molar-refractivity contribution in [2.45, 2.75) is 6.92 Å². The van der Waals surface area contributed by atoms with Crippen molar-refractivity contribution in [3.8, 4) is 0 Å². The minimum absolute atomic E-state index is 0.158. The van der Waals surface area contributed by atoms with Crippen molar-refractivity contribution in [2.24, 2.45) is 0 Å². The van der Waals surface area contributed by atoms with Crippen LogP contribution in [0.1, 0.15) is 26.3 Å². The van der Waals surface area contributed by atoms with Gasteiger partial charge in [-0.15, -0.1) is 22.7 Å². The maximum absolute atomic E-state index is 10.8. The van der Waals surface area contributed by atoms with Crippen molar-refractivity contribution >= 4 is 51.9 Å². The Bertz CT molecular complexity index is 678. The number of carboxylic acid groups (broad SMARTS) is 1. The van der Waals surface area contributed by atoms with Gasteiger partial charge >= 0.3 is 11.9 Å². The van der Waals surface area contributed by atoms with E-state index in [1.165, 1.54) is 25.4 Å². The fraction of sp³-hybridized carbons (Fsp3) is 0.154. The normalized spacial score (nSPS) is 9.36. The van der Waals surface area contributed by atoms with Crippen LogP contribution in [0.15, 0.2) is 22.9 Å². The van der Waals surface area contributed by atoms with Crippen LogP contribution in [0.25, 0.3) is 0 Å². The second kappa shape index (κ2) is 8.15. The largest absolute Gasteiger partial charge is 0.477 e. The SMILES string of the molecule is CC(=O)Nc1ccsc1C(=O)O.COC(=O)c1sccc1N. The molecule has 0 atom stereocenters. The number of anilines is 2. The summed E-state index contributed by atoms with van der Waals surface area (Å²) < 4.78 is 4.47. The number of amides is 1. The van der Waals surface area contributed by atoms with Gasteiger partial charge in [0.1, 0.15) is 9.75 Å². The second-order valence-corrected chi connectivity index (χ2v) is 5.68. The number of carbonyl (C=O) groups excluding carboxylic acids is 2.